The Kier molecular flexibility index (Phi) is 3.47. The number of imide groups is 1. The van der Waals surface area contributed by atoms with Crippen LogP contribution in [0, 0.1) is 5.82 Å². The van der Waals surface area contributed by atoms with Gasteiger partial charge in [-0.1, -0.05) is 12.1 Å². The molecule has 2 amide bonds. The molecule has 0 radical (unpaired) electrons. The number of rotatable bonds is 3. The molecule has 18 heavy (non-hydrogen) atoms. The fourth-order valence-corrected chi connectivity index (χ4v) is 1.78. The standard InChI is InChI=1S/C12H11FN2O3/c13-9-4-2-1-3-8(9)10(16)5-15-6-11(17)14-12(18)7-15/h1-4H,5-7H2,(H,14,17,18). The van der Waals surface area contributed by atoms with Gasteiger partial charge in [-0.2, -0.15) is 0 Å². The van der Waals surface area contributed by atoms with E-state index in [1.54, 1.807) is 6.07 Å². The highest BCUT2D eigenvalue weighted by molar-refractivity contribution is 6.01. The van der Waals surface area contributed by atoms with E-state index >= 15 is 0 Å². The van der Waals surface area contributed by atoms with Crippen molar-refractivity contribution in [1.82, 2.24) is 10.2 Å². The first-order chi connectivity index (χ1) is 8.56. The minimum absolute atomic E-state index is 0.0315. The van der Waals surface area contributed by atoms with Crippen LogP contribution in [0.4, 0.5) is 4.39 Å². The van der Waals surface area contributed by atoms with Crippen LogP contribution in [-0.4, -0.2) is 42.1 Å². The monoisotopic (exact) mass is 250 g/mol. The molecule has 0 aliphatic carbocycles. The van der Waals surface area contributed by atoms with Gasteiger partial charge in [-0.25, -0.2) is 4.39 Å². The fraction of sp³-hybridized carbons (Fsp3) is 0.250. The number of nitrogens with zero attached hydrogens (tertiary/aromatic N) is 1. The van der Waals surface area contributed by atoms with Crippen LogP contribution in [0.5, 0.6) is 0 Å². The van der Waals surface area contributed by atoms with E-state index in [2.05, 4.69) is 5.32 Å². The van der Waals surface area contributed by atoms with Gasteiger partial charge in [0.2, 0.25) is 11.8 Å². The van der Waals surface area contributed by atoms with Crippen LogP contribution in [0.15, 0.2) is 24.3 Å². The molecule has 6 heteroatoms. The van der Waals surface area contributed by atoms with Crippen LogP contribution in [0.25, 0.3) is 0 Å². The third-order valence-corrected chi connectivity index (χ3v) is 2.55. The quantitative estimate of drug-likeness (QED) is 0.604. The maximum Gasteiger partial charge on any atom is 0.240 e. The minimum Gasteiger partial charge on any atom is -0.294 e. The summed E-state index contributed by atoms with van der Waals surface area (Å²) in [6.45, 7) is -0.224. The first-order valence-electron chi connectivity index (χ1n) is 5.39. The number of halogens is 1. The van der Waals surface area contributed by atoms with Gasteiger partial charge in [-0.3, -0.25) is 24.6 Å². The van der Waals surface area contributed by atoms with E-state index in [4.69, 9.17) is 0 Å². The molecule has 2 rings (SSSR count). The Morgan fingerprint density at radius 1 is 1.22 bits per heavy atom. The van der Waals surface area contributed by atoms with Gasteiger partial charge >= 0.3 is 0 Å². The van der Waals surface area contributed by atoms with Crippen molar-refractivity contribution in [2.75, 3.05) is 19.6 Å². The van der Waals surface area contributed by atoms with Crippen molar-refractivity contribution in [2.45, 2.75) is 0 Å². The van der Waals surface area contributed by atoms with Gasteiger partial charge in [0.1, 0.15) is 5.82 Å². The first-order valence-corrected chi connectivity index (χ1v) is 5.39. The molecule has 5 nitrogen and oxygen atoms in total. The van der Waals surface area contributed by atoms with E-state index in [1.807, 2.05) is 0 Å². The van der Waals surface area contributed by atoms with Gasteiger partial charge in [0.05, 0.1) is 25.2 Å². The molecule has 1 heterocycles. The van der Waals surface area contributed by atoms with Gasteiger partial charge in [-0.05, 0) is 12.1 Å². The number of carbonyl (C=O) groups excluding carboxylic acids is 3. The van der Waals surface area contributed by atoms with Crippen molar-refractivity contribution in [3.8, 4) is 0 Å². The normalized spacial score (nSPS) is 16.5. The molecule has 0 unspecified atom stereocenters. The number of ketones is 1. The lowest BCUT2D eigenvalue weighted by Crippen LogP contribution is -2.52. The fourth-order valence-electron chi connectivity index (χ4n) is 1.78. The van der Waals surface area contributed by atoms with Gasteiger partial charge in [-0.15, -0.1) is 0 Å². The molecule has 94 valence electrons. The highest BCUT2D eigenvalue weighted by atomic mass is 19.1. The maximum absolute atomic E-state index is 13.4. The van der Waals surface area contributed by atoms with Gasteiger partial charge in [0.15, 0.2) is 5.78 Å². The maximum atomic E-state index is 13.4. The molecule has 1 aromatic carbocycles. The van der Waals surface area contributed by atoms with E-state index in [9.17, 15) is 18.8 Å². The van der Waals surface area contributed by atoms with Crippen LogP contribution in [0.2, 0.25) is 0 Å². The minimum atomic E-state index is -0.602. The summed E-state index contributed by atoms with van der Waals surface area (Å²) in [5.41, 5.74) is -0.0315. The predicted molar refractivity (Wildman–Crippen MR) is 60.3 cm³/mol. The number of piperazine rings is 1. The number of hydrogen-bond donors (Lipinski definition) is 1. The molecule has 0 bridgehead atoms. The third-order valence-electron chi connectivity index (χ3n) is 2.55. The van der Waals surface area contributed by atoms with Crippen LogP contribution < -0.4 is 5.32 Å². The second-order valence-electron chi connectivity index (χ2n) is 4.02. The molecule has 1 aliphatic heterocycles. The molecule has 0 aromatic heterocycles. The second-order valence-corrected chi connectivity index (χ2v) is 4.02. The molecular weight excluding hydrogens is 239 g/mol. The molecule has 1 aliphatic rings. The van der Waals surface area contributed by atoms with E-state index in [-0.39, 0.29) is 25.2 Å². The predicted octanol–water partition coefficient (Wildman–Crippen LogP) is -0.0332. The van der Waals surface area contributed by atoms with Crippen LogP contribution in [0.1, 0.15) is 10.4 Å². The largest absolute Gasteiger partial charge is 0.294 e. The molecule has 0 saturated carbocycles. The highest BCUT2D eigenvalue weighted by Gasteiger charge is 2.25. The number of amides is 2. The van der Waals surface area contributed by atoms with Crippen molar-refractivity contribution in [2.24, 2.45) is 0 Å². The molecule has 1 fully saturated rings. The Morgan fingerprint density at radius 2 is 1.83 bits per heavy atom. The van der Waals surface area contributed by atoms with Crippen molar-refractivity contribution in [1.29, 1.82) is 0 Å². The average molecular weight is 250 g/mol. The molecule has 1 saturated heterocycles. The smallest absolute Gasteiger partial charge is 0.240 e. The second kappa shape index (κ2) is 5.05. The van der Waals surface area contributed by atoms with E-state index in [0.29, 0.717) is 0 Å². The van der Waals surface area contributed by atoms with Gasteiger partial charge in [0, 0.05) is 0 Å². The van der Waals surface area contributed by atoms with E-state index < -0.39 is 23.4 Å². The van der Waals surface area contributed by atoms with Crippen molar-refractivity contribution >= 4 is 17.6 Å². The summed E-state index contributed by atoms with van der Waals surface area (Å²) in [5, 5.41) is 2.13. The number of Topliss-reactive ketones (excluding diaryl/α,β-unsaturated/α-hetero) is 1. The van der Waals surface area contributed by atoms with Crippen LogP contribution in [0.3, 0.4) is 0 Å². The number of carbonyl (C=O) groups is 3. The highest BCUT2D eigenvalue weighted by Crippen LogP contribution is 2.08. The van der Waals surface area contributed by atoms with Gasteiger partial charge < -0.3 is 0 Å². The molecule has 1 aromatic rings. The lowest BCUT2D eigenvalue weighted by atomic mass is 10.1. The summed E-state index contributed by atoms with van der Waals surface area (Å²) in [6.07, 6.45) is 0. The zero-order valence-electron chi connectivity index (χ0n) is 9.48. The Labute approximate surface area is 103 Å². The third kappa shape index (κ3) is 2.78. The molecule has 0 atom stereocenters. The Morgan fingerprint density at radius 3 is 2.44 bits per heavy atom. The first kappa shape index (κ1) is 12.4. The summed E-state index contributed by atoms with van der Waals surface area (Å²) >= 11 is 0. The summed E-state index contributed by atoms with van der Waals surface area (Å²) in [4.78, 5) is 35.4. The lowest BCUT2D eigenvalue weighted by molar-refractivity contribution is -0.135. The van der Waals surface area contributed by atoms with Crippen molar-refractivity contribution < 1.29 is 18.8 Å². The van der Waals surface area contributed by atoms with Crippen molar-refractivity contribution in [3.05, 3.63) is 35.6 Å². The van der Waals surface area contributed by atoms with Gasteiger partial charge in [0.25, 0.3) is 0 Å². The Hall–Kier alpha value is -2.08. The summed E-state index contributed by atoms with van der Waals surface area (Å²) in [5.74, 6) is -1.95. The Balaban J connectivity index is 2.06. The summed E-state index contributed by atoms with van der Waals surface area (Å²) < 4.78 is 13.4. The summed E-state index contributed by atoms with van der Waals surface area (Å²) in [6, 6.07) is 5.62. The van der Waals surface area contributed by atoms with Crippen LogP contribution >= 0.6 is 0 Å². The van der Waals surface area contributed by atoms with Crippen LogP contribution in [-0.2, 0) is 9.59 Å². The number of nitrogens with one attached hydrogen (secondary N) is 1. The summed E-state index contributed by atoms with van der Waals surface area (Å²) in [7, 11) is 0. The number of benzene rings is 1. The van der Waals surface area contributed by atoms with E-state index in [1.165, 1.54) is 23.1 Å². The topological polar surface area (TPSA) is 66.5 Å². The zero-order chi connectivity index (χ0) is 13.1. The SMILES string of the molecule is O=C1CN(CC(=O)c2ccccc2F)CC(=O)N1. The Bertz CT molecular complexity index is 500. The zero-order valence-corrected chi connectivity index (χ0v) is 9.48. The molecular formula is C12H11FN2O3. The molecule has 1 N–H and O–H groups in total. The molecule has 0 spiro atoms. The number of hydrogen-bond acceptors (Lipinski definition) is 4. The van der Waals surface area contributed by atoms with Crippen molar-refractivity contribution in [3.63, 3.8) is 0 Å². The average Bonchev–Trinajstić information content (AvgIpc) is 2.27. The van der Waals surface area contributed by atoms with E-state index in [0.717, 1.165) is 0 Å². The lowest BCUT2D eigenvalue weighted by Gasteiger charge is -2.24.